The molecule has 0 radical (unpaired) electrons. The summed E-state index contributed by atoms with van der Waals surface area (Å²) in [5.41, 5.74) is 3.01. The Morgan fingerprint density at radius 2 is 2.05 bits per heavy atom. The van der Waals surface area contributed by atoms with Crippen LogP contribution in [0.25, 0.3) is 0 Å². The molecule has 1 saturated heterocycles. The number of amides is 1. The molecule has 1 aromatic rings. The molecule has 0 aromatic heterocycles. The Hall–Kier alpha value is -1.55. The fourth-order valence-corrected chi connectivity index (χ4v) is 2.52. The number of carbonyl (C=O) groups is 1. The standard InChI is InChI=1S/C16H24N2O2/c1-12-10-13(4-5-14(12)17-3)15(19)18-11-16(2)6-8-20-9-7-16/h4-5,10,17H,6-9,11H2,1-3H3,(H,18,19). The van der Waals surface area contributed by atoms with Gasteiger partial charge in [-0.2, -0.15) is 0 Å². The Kier molecular flexibility index (Phi) is 4.65. The highest BCUT2D eigenvalue weighted by Gasteiger charge is 2.27. The number of rotatable bonds is 4. The van der Waals surface area contributed by atoms with Crippen LogP contribution in [0.4, 0.5) is 5.69 Å². The van der Waals surface area contributed by atoms with Gasteiger partial charge < -0.3 is 15.4 Å². The lowest BCUT2D eigenvalue weighted by Gasteiger charge is -2.33. The molecular formula is C16H24N2O2. The number of carbonyl (C=O) groups excluding carboxylic acids is 1. The molecule has 1 fully saturated rings. The van der Waals surface area contributed by atoms with Crippen molar-refractivity contribution < 1.29 is 9.53 Å². The first kappa shape index (κ1) is 14.9. The van der Waals surface area contributed by atoms with Crippen LogP contribution in [-0.2, 0) is 4.74 Å². The maximum atomic E-state index is 12.2. The van der Waals surface area contributed by atoms with Gasteiger partial charge in [-0.05, 0) is 48.9 Å². The number of nitrogens with one attached hydrogen (secondary N) is 2. The lowest BCUT2D eigenvalue weighted by atomic mass is 9.82. The highest BCUT2D eigenvalue weighted by molar-refractivity contribution is 5.94. The van der Waals surface area contributed by atoms with Gasteiger partial charge in [0, 0.05) is 38.1 Å². The van der Waals surface area contributed by atoms with E-state index in [1.54, 1.807) is 0 Å². The van der Waals surface area contributed by atoms with Gasteiger partial charge in [0.2, 0.25) is 0 Å². The Morgan fingerprint density at radius 1 is 1.35 bits per heavy atom. The molecule has 0 aliphatic carbocycles. The summed E-state index contributed by atoms with van der Waals surface area (Å²) in [6.07, 6.45) is 2.01. The maximum absolute atomic E-state index is 12.2. The minimum atomic E-state index is 0.00321. The van der Waals surface area contributed by atoms with Crippen LogP contribution in [0.3, 0.4) is 0 Å². The fraction of sp³-hybridized carbons (Fsp3) is 0.562. The largest absolute Gasteiger partial charge is 0.388 e. The summed E-state index contributed by atoms with van der Waals surface area (Å²) in [7, 11) is 1.88. The number of anilines is 1. The number of hydrogen-bond acceptors (Lipinski definition) is 3. The van der Waals surface area contributed by atoms with E-state index in [0.29, 0.717) is 6.54 Å². The van der Waals surface area contributed by atoms with E-state index in [1.165, 1.54) is 0 Å². The second-order valence-corrected chi connectivity index (χ2v) is 5.89. The Labute approximate surface area is 120 Å². The monoisotopic (exact) mass is 276 g/mol. The van der Waals surface area contributed by atoms with E-state index in [9.17, 15) is 4.79 Å². The van der Waals surface area contributed by atoms with Crippen LogP contribution in [0.15, 0.2) is 18.2 Å². The van der Waals surface area contributed by atoms with Gasteiger partial charge in [-0.25, -0.2) is 0 Å². The third-order valence-electron chi connectivity index (χ3n) is 4.13. The van der Waals surface area contributed by atoms with Gasteiger partial charge in [0.05, 0.1) is 0 Å². The Balaban J connectivity index is 1.96. The Morgan fingerprint density at radius 3 is 2.65 bits per heavy atom. The highest BCUT2D eigenvalue weighted by Crippen LogP contribution is 2.28. The molecule has 20 heavy (non-hydrogen) atoms. The van der Waals surface area contributed by atoms with Gasteiger partial charge in [-0.3, -0.25) is 4.79 Å². The lowest BCUT2D eigenvalue weighted by Crippen LogP contribution is -2.39. The van der Waals surface area contributed by atoms with Crippen molar-refractivity contribution in [2.24, 2.45) is 5.41 Å². The average molecular weight is 276 g/mol. The topological polar surface area (TPSA) is 50.4 Å². The van der Waals surface area contributed by atoms with E-state index in [1.807, 2.05) is 32.2 Å². The van der Waals surface area contributed by atoms with E-state index in [-0.39, 0.29) is 11.3 Å². The summed E-state index contributed by atoms with van der Waals surface area (Å²) in [6, 6.07) is 5.73. The molecule has 1 aliphatic heterocycles. The van der Waals surface area contributed by atoms with E-state index >= 15 is 0 Å². The molecule has 1 amide bonds. The summed E-state index contributed by atoms with van der Waals surface area (Å²) in [5, 5.41) is 6.16. The molecule has 0 bridgehead atoms. The van der Waals surface area contributed by atoms with Gasteiger partial charge in [-0.1, -0.05) is 6.92 Å². The third-order valence-corrected chi connectivity index (χ3v) is 4.13. The number of ether oxygens (including phenoxy) is 1. The second kappa shape index (κ2) is 6.27. The van der Waals surface area contributed by atoms with Crippen LogP contribution in [0, 0.1) is 12.3 Å². The molecule has 0 unspecified atom stereocenters. The van der Waals surface area contributed by atoms with E-state index < -0.39 is 0 Å². The molecule has 110 valence electrons. The number of hydrogen-bond donors (Lipinski definition) is 2. The van der Waals surface area contributed by atoms with Gasteiger partial charge in [-0.15, -0.1) is 0 Å². The summed E-state index contributed by atoms with van der Waals surface area (Å²) < 4.78 is 5.38. The molecule has 4 heteroatoms. The van der Waals surface area contributed by atoms with Crippen molar-refractivity contribution in [3.05, 3.63) is 29.3 Å². The van der Waals surface area contributed by atoms with Crippen molar-refractivity contribution in [1.29, 1.82) is 0 Å². The fourth-order valence-electron chi connectivity index (χ4n) is 2.52. The number of benzene rings is 1. The molecule has 0 spiro atoms. The van der Waals surface area contributed by atoms with Gasteiger partial charge in [0.1, 0.15) is 0 Å². The van der Waals surface area contributed by atoms with Crippen molar-refractivity contribution >= 4 is 11.6 Å². The first-order valence-corrected chi connectivity index (χ1v) is 7.18. The van der Waals surface area contributed by atoms with Gasteiger partial charge in [0.25, 0.3) is 5.91 Å². The summed E-state index contributed by atoms with van der Waals surface area (Å²) in [6.45, 7) is 6.51. The number of aryl methyl sites for hydroxylation is 1. The second-order valence-electron chi connectivity index (χ2n) is 5.89. The van der Waals surface area contributed by atoms with Crippen LogP contribution < -0.4 is 10.6 Å². The average Bonchev–Trinajstić information content (AvgIpc) is 2.45. The minimum Gasteiger partial charge on any atom is -0.388 e. The highest BCUT2D eigenvalue weighted by atomic mass is 16.5. The van der Waals surface area contributed by atoms with E-state index in [4.69, 9.17) is 4.74 Å². The van der Waals surface area contributed by atoms with Crippen molar-refractivity contribution in [2.75, 3.05) is 32.1 Å². The predicted molar refractivity (Wildman–Crippen MR) is 81.2 cm³/mol. The van der Waals surface area contributed by atoms with Crippen LogP contribution >= 0.6 is 0 Å². The minimum absolute atomic E-state index is 0.00321. The van der Waals surface area contributed by atoms with Gasteiger partial charge in [0.15, 0.2) is 0 Å². The molecule has 0 atom stereocenters. The zero-order valence-electron chi connectivity index (χ0n) is 12.6. The van der Waals surface area contributed by atoms with Gasteiger partial charge >= 0.3 is 0 Å². The normalized spacial score (nSPS) is 17.6. The zero-order valence-corrected chi connectivity index (χ0v) is 12.6. The summed E-state index contributed by atoms with van der Waals surface area (Å²) in [5.74, 6) is 0.00321. The molecule has 1 heterocycles. The van der Waals surface area contributed by atoms with Crippen molar-refractivity contribution in [1.82, 2.24) is 5.32 Å². The predicted octanol–water partition coefficient (Wildman–Crippen LogP) is 2.58. The van der Waals surface area contributed by atoms with Crippen LogP contribution in [0.1, 0.15) is 35.7 Å². The first-order chi connectivity index (χ1) is 9.54. The Bertz CT molecular complexity index is 479. The summed E-state index contributed by atoms with van der Waals surface area (Å²) >= 11 is 0. The maximum Gasteiger partial charge on any atom is 0.251 e. The van der Waals surface area contributed by atoms with Crippen LogP contribution in [0.2, 0.25) is 0 Å². The molecular weight excluding hydrogens is 252 g/mol. The van der Waals surface area contributed by atoms with Crippen LogP contribution in [0.5, 0.6) is 0 Å². The van der Waals surface area contributed by atoms with E-state index in [0.717, 1.165) is 42.9 Å². The molecule has 2 N–H and O–H groups in total. The smallest absolute Gasteiger partial charge is 0.251 e. The first-order valence-electron chi connectivity index (χ1n) is 7.18. The molecule has 0 saturated carbocycles. The molecule has 1 aromatic carbocycles. The van der Waals surface area contributed by atoms with Crippen molar-refractivity contribution in [2.45, 2.75) is 26.7 Å². The SMILES string of the molecule is CNc1ccc(C(=O)NCC2(C)CCOCC2)cc1C. The third kappa shape index (κ3) is 3.51. The quantitative estimate of drug-likeness (QED) is 0.888. The van der Waals surface area contributed by atoms with Crippen LogP contribution in [-0.4, -0.2) is 32.7 Å². The molecule has 1 aliphatic rings. The molecule has 4 nitrogen and oxygen atoms in total. The molecule has 2 rings (SSSR count). The summed E-state index contributed by atoms with van der Waals surface area (Å²) in [4.78, 5) is 12.2. The van der Waals surface area contributed by atoms with Crippen molar-refractivity contribution in [3.8, 4) is 0 Å². The van der Waals surface area contributed by atoms with E-state index in [2.05, 4.69) is 17.6 Å². The zero-order chi connectivity index (χ0) is 14.6. The lowest BCUT2D eigenvalue weighted by molar-refractivity contribution is 0.0238. The van der Waals surface area contributed by atoms with Crippen molar-refractivity contribution in [3.63, 3.8) is 0 Å².